The highest BCUT2D eigenvalue weighted by Crippen LogP contribution is 2.31. The van der Waals surface area contributed by atoms with E-state index in [1.165, 1.54) is 0 Å². The number of benzene rings is 1. The van der Waals surface area contributed by atoms with Crippen molar-refractivity contribution in [1.82, 2.24) is 15.0 Å². The number of likely N-dealkylation sites (tertiary alicyclic amines) is 1. The van der Waals surface area contributed by atoms with Gasteiger partial charge in [0.2, 0.25) is 11.8 Å². The molecule has 1 aliphatic rings. The summed E-state index contributed by atoms with van der Waals surface area (Å²) in [5.41, 5.74) is 0.936. The van der Waals surface area contributed by atoms with Gasteiger partial charge in [0, 0.05) is 37.1 Å². The van der Waals surface area contributed by atoms with Crippen LogP contribution in [0.3, 0.4) is 0 Å². The molecule has 2 aromatic rings. The van der Waals surface area contributed by atoms with E-state index in [9.17, 15) is 4.79 Å². The van der Waals surface area contributed by atoms with Gasteiger partial charge in [0.1, 0.15) is 11.5 Å². The van der Waals surface area contributed by atoms with Crippen molar-refractivity contribution in [3.05, 3.63) is 35.5 Å². The molecule has 1 atom stereocenters. The van der Waals surface area contributed by atoms with Crippen LogP contribution in [0.4, 0.5) is 0 Å². The van der Waals surface area contributed by atoms with Gasteiger partial charge in [0.15, 0.2) is 5.82 Å². The molecule has 1 fully saturated rings. The fraction of sp³-hybridized carbons (Fsp3) is 0.500. The molecule has 0 saturated carbocycles. The summed E-state index contributed by atoms with van der Waals surface area (Å²) in [7, 11) is 3.22. The zero-order chi connectivity index (χ0) is 18.0. The number of rotatable bonds is 6. The summed E-state index contributed by atoms with van der Waals surface area (Å²) >= 11 is 0. The number of aromatic nitrogens is 2. The summed E-state index contributed by atoms with van der Waals surface area (Å²) in [6.07, 6.45) is 0.387. The van der Waals surface area contributed by atoms with Crippen LogP contribution in [0.15, 0.2) is 22.7 Å². The van der Waals surface area contributed by atoms with E-state index in [-0.39, 0.29) is 17.7 Å². The monoisotopic (exact) mass is 345 g/mol. The molecule has 3 rings (SSSR count). The molecule has 0 radical (unpaired) electrons. The SMILES string of the molecule is COc1ccc(CN2CC(c3nc(C(C)C)no3)CC2=O)c(OC)c1. The number of methoxy groups -OCH3 is 2. The topological polar surface area (TPSA) is 77.7 Å². The molecule has 2 heterocycles. The summed E-state index contributed by atoms with van der Waals surface area (Å²) in [5.74, 6) is 2.87. The van der Waals surface area contributed by atoms with E-state index in [1.807, 2.05) is 32.0 Å². The first-order chi connectivity index (χ1) is 12.0. The van der Waals surface area contributed by atoms with Crippen molar-refractivity contribution in [3.8, 4) is 11.5 Å². The van der Waals surface area contributed by atoms with E-state index < -0.39 is 0 Å². The average Bonchev–Trinajstić information content (AvgIpc) is 3.23. The highest BCUT2D eigenvalue weighted by molar-refractivity contribution is 5.79. The fourth-order valence-corrected chi connectivity index (χ4v) is 2.93. The van der Waals surface area contributed by atoms with Gasteiger partial charge in [-0.05, 0) is 12.1 Å². The van der Waals surface area contributed by atoms with E-state index in [2.05, 4.69) is 10.1 Å². The Labute approximate surface area is 146 Å². The van der Waals surface area contributed by atoms with E-state index in [1.54, 1.807) is 19.1 Å². The van der Waals surface area contributed by atoms with E-state index >= 15 is 0 Å². The Morgan fingerprint density at radius 1 is 1.32 bits per heavy atom. The lowest BCUT2D eigenvalue weighted by Gasteiger charge is -2.18. The number of nitrogens with zero attached hydrogens (tertiary/aromatic N) is 3. The molecule has 1 saturated heterocycles. The Morgan fingerprint density at radius 2 is 2.12 bits per heavy atom. The molecule has 0 N–H and O–H groups in total. The van der Waals surface area contributed by atoms with Crippen LogP contribution in [-0.2, 0) is 11.3 Å². The maximum Gasteiger partial charge on any atom is 0.232 e. The van der Waals surface area contributed by atoms with E-state index in [0.29, 0.717) is 37.0 Å². The normalized spacial score (nSPS) is 17.4. The summed E-state index contributed by atoms with van der Waals surface area (Å²) in [6.45, 7) is 5.06. The van der Waals surface area contributed by atoms with Gasteiger partial charge in [-0.2, -0.15) is 4.98 Å². The fourth-order valence-electron chi connectivity index (χ4n) is 2.93. The van der Waals surface area contributed by atoms with Crippen LogP contribution in [0.1, 0.15) is 49.4 Å². The van der Waals surface area contributed by atoms with Gasteiger partial charge in [-0.1, -0.05) is 19.0 Å². The van der Waals surface area contributed by atoms with E-state index in [4.69, 9.17) is 14.0 Å². The zero-order valence-corrected chi connectivity index (χ0v) is 15.0. The van der Waals surface area contributed by atoms with Crippen LogP contribution in [0.2, 0.25) is 0 Å². The van der Waals surface area contributed by atoms with Crippen molar-refractivity contribution in [2.75, 3.05) is 20.8 Å². The van der Waals surface area contributed by atoms with Gasteiger partial charge in [-0.3, -0.25) is 4.79 Å². The third kappa shape index (κ3) is 3.60. The van der Waals surface area contributed by atoms with Crippen LogP contribution < -0.4 is 9.47 Å². The first-order valence-electron chi connectivity index (χ1n) is 8.34. The predicted octanol–water partition coefficient (Wildman–Crippen LogP) is 2.73. The van der Waals surface area contributed by atoms with Crippen molar-refractivity contribution in [2.24, 2.45) is 0 Å². The van der Waals surface area contributed by atoms with Gasteiger partial charge < -0.3 is 18.9 Å². The van der Waals surface area contributed by atoms with Crippen molar-refractivity contribution >= 4 is 5.91 Å². The minimum absolute atomic E-state index is 0.0586. The largest absolute Gasteiger partial charge is 0.497 e. The minimum atomic E-state index is -0.0586. The molecule has 0 aliphatic carbocycles. The molecule has 1 amide bonds. The maximum absolute atomic E-state index is 12.4. The second kappa shape index (κ2) is 7.13. The molecular formula is C18H23N3O4. The highest BCUT2D eigenvalue weighted by atomic mass is 16.5. The predicted molar refractivity (Wildman–Crippen MR) is 90.7 cm³/mol. The van der Waals surface area contributed by atoms with Crippen molar-refractivity contribution in [1.29, 1.82) is 0 Å². The van der Waals surface area contributed by atoms with E-state index in [0.717, 1.165) is 11.3 Å². The van der Waals surface area contributed by atoms with Crippen LogP contribution in [0.25, 0.3) is 0 Å². The van der Waals surface area contributed by atoms with Gasteiger partial charge in [0.05, 0.1) is 20.1 Å². The summed E-state index contributed by atoms with van der Waals surface area (Å²) in [5, 5.41) is 3.99. The van der Waals surface area contributed by atoms with Gasteiger partial charge in [0.25, 0.3) is 0 Å². The number of amides is 1. The number of hydrogen-bond donors (Lipinski definition) is 0. The Hall–Kier alpha value is -2.57. The lowest BCUT2D eigenvalue weighted by atomic mass is 10.1. The third-order valence-electron chi connectivity index (χ3n) is 4.39. The summed E-state index contributed by atoms with van der Waals surface area (Å²) in [6, 6.07) is 5.60. The highest BCUT2D eigenvalue weighted by Gasteiger charge is 2.34. The maximum atomic E-state index is 12.4. The smallest absolute Gasteiger partial charge is 0.232 e. The quantitative estimate of drug-likeness (QED) is 0.801. The Morgan fingerprint density at radius 3 is 2.76 bits per heavy atom. The van der Waals surface area contributed by atoms with Crippen molar-refractivity contribution < 1.29 is 18.8 Å². The standard InChI is InChI=1S/C18H23N3O4/c1-11(2)17-19-18(25-20-17)13-7-16(22)21(10-13)9-12-5-6-14(23-3)8-15(12)24-4/h5-6,8,11,13H,7,9-10H2,1-4H3. The lowest BCUT2D eigenvalue weighted by molar-refractivity contribution is -0.128. The molecule has 134 valence electrons. The Bertz CT molecular complexity index is 757. The second-order valence-corrected chi connectivity index (χ2v) is 6.50. The number of carbonyl (C=O) groups is 1. The molecule has 1 unspecified atom stereocenters. The lowest BCUT2D eigenvalue weighted by Crippen LogP contribution is -2.24. The molecule has 25 heavy (non-hydrogen) atoms. The number of ether oxygens (including phenoxy) is 2. The number of carbonyl (C=O) groups excluding carboxylic acids is 1. The molecule has 1 aromatic heterocycles. The molecule has 7 nitrogen and oxygen atoms in total. The molecule has 1 aliphatic heterocycles. The molecule has 0 spiro atoms. The summed E-state index contributed by atoms with van der Waals surface area (Å²) < 4.78 is 16.0. The average molecular weight is 345 g/mol. The van der Waals surface area contributed by atoms with Gasteiger partial charge in [-0.25, -0.2) is 0 Å². The first-order valence-corrected chi connectivity index (χ1v) is 8.34. The molecule has 7 heteroatoms. The Balaban J connectivity index is 1.73. The molecule has 1 aromatic carbocycles. The van der Waals surface area contributed by atoms with Crippen LogP contribution in [0, 0.1) is 0 Å². The first kappa shape index (κ1) is 17.3. The van der Waals surface area contributed by atoms with Gasteiger partial charge >= 0.3 is 0 Å². The third-order valence-corrected chi connectivity index (χ3v) is 4.39. The zero-order valence-electron chi connectivity index (χ0n) is 15.0. The second-order valence-electron chi connectivity index (χ2n) is 6.50. The van der Waals surface area contributed by atoms with Crippen LogP contribution in [0.5, 0.6) is 11.5 Å². The number of hydrogen-bond acceptors (Lipinski definition) is 6. The molecular weight excluding hydrogens is 322 g/mol. The van der Waals surface area contributed by atoms with Crippen molar-refractivity contribution in [3.63, 3.8) is 0 Å². The van der Waals surface area contributed by atoms with Gasteiger partial charge in [-0.15, -0.1) is 0 Å². The van der Waals surface area contributed by atoms with Crippen LogP contribution >= 0.6 is 0 Å². The molecule has 0 bridgehead atoms. The van der Waals surface area contributed by atoms with Crippen LogP contribution in [-0.4, -0.2) is 41.7 Å². The Kier molecular flexibility index (Phi) is 4.92. The van der Waals surface area contributed by atoms with Crippen molar-refractivity contribution in [2.45, 2.75) is 38.6 Å². The summed E-state index contributed by atoms with van der Waals surface area (Å²) in [4.78, 5) is 18.6. The minimum Gasteiger partial charge on any atom is -0.497 e.